The molecular weight excluding hydrogens is 837 g/mol. The van der Waals surface area contributed by atoms with Gasteiger partial charge in [-0.25, -0.2) is 0 Å². The Kier molecular flexibility index (Phi) is 15.2. The van der Waals surface area contributed by atoms with Crippen LogP contribution in [0, 0.1) is 0 Å². The first kappa shape index (κ1) is 43.9. The van der Waals surface area contributed by atoms with Crippen molar-refractivity contribution in [3.63, 3.8) is 0 Å². The van der Waals surface area contributed by atoms with Gasteiger partial charge in [0.25, 0.3) is 0 Å². The van der Waals surface area contributed by atoms with Crippen LogP contribution in [-0.4, -0.2) is 145 Å². The molecule has 0 N–H and O–H groups in total. The van der Waals surface area contributed by atoms with Gasteiger partial charge in [-0.3, -0.25) is 0 Å². The molecule has 0 unspecified atom stereocenters. The summed E-state index contributed by atoms with van der Waals surface area (Å²) in [4.78, 5) is 13.0. The molecule has 0 bridgehead atoms. The number of hydrogen-bond acceptors (Lipinski definition) is 8. The van der Waals surface area contributed by atoms with Gasteiger partial charge in [0.2, 0.25) is 0 Å². The third-order valence-electron chi connectivity index (χ3n) is 12.4. The average molecular weight is 893 g/mol. The summed E-state index contributed by atoms with van der Waals surface area (Å²) in [5, 5.41) is 0. The Balaban J connectivity index is 1.17. The lowest BCUT2D eigenvalue weighted by Crippen LogP contribution is -2.40. The summed E-state index contributed by atoms with van der Waals surface area (Å²) >= 11 is 23.8. The summed E-state index contributed by atoms with van der Waals surface area (Å²) in [7, 11) is 0. The van der Waals surface area contributed by atoms with Gasteiger partial charge >= 0.3 is 0 Å². The molecule has 0 saturated carbocycles. The van der Waals surface area contributed by atoms with Crippen LogP contribution in [0.15, 0.2) is 97.1 Å². The van der Waals surface area contributed by atoms with Crippen LogP contribution in [0.2, 0.25) is 0 Å². The van der Waals surface area contributed by atoms with Gasteiger partial charge in [-0.2, -0.15) is 0 Å². The maximum atomic E-state index is 5.96. The summed E-state index contributed by atoms with van der Waals surface area (Å²) in [5.41, 5.74) is 8.84. The predicted octanol–water partition coefficient (Wildman–Crippen LogP) is 6.88. The molecule has 61 heavy (non-hydrogen) atoms. The molecule has 8 rings (SSSR count). The minimum absolute atomic E-state index is 0.654. The standard InChI is InChI=1S/C49H56N4O4S4/c58-45(50-17-25-54-26-18-50)33-37-1-9-41(10-2-37)49(42-11-3-38(4-12-42)34-46(59)51-19-27-55-28-20-51,43-13-5-39(6-14-43)35-47(60)52-21-29-56-30-22-52)44-15-7-40(8-16-44)36-48(61)53-23-31-57-32-24-53/h1-16H,17-36H2. The van der Waals surface area contributed by atoms with Crippen LogP contribution >= 0.6 is 48.9 Å². The molecule has 4 aromatic carbocycles. The van der Waals surface area contributed by atoms with Crippen molar-refractivity contribution in [3.8, 4) is 0 Å². The van der Waals surface area contributed by atoms with Gasteiger partial charge in [-0.15, -0.1) is 0 Å². The van der Waals surface area contributed by atoms with E-state index in [-0.39, 0.29) is 0 Å². The van der Waals surface area contributed by atoms with Crippen molar-refractivity contribution >= 4 is 68.8 Å². The van der Waals surface area contributed by atoms with Crippen LogP contribution in [0.1, 0.15) is 44.5 Å². The Morgan fingerprint density at radius 3 is 0.689 bits per heavy atom. The zero-order chi connectivity index (χ0) is 42.0. The van der Waals surface area contributed by atoms with Gasteiger partial charge in [0.15, 0.2) is 0 Å². The molecule has 0 radical (unpaired) electrons. The summed E-state index contributed by atoms with van der Waals surface area (Å²) in [6, 6.07) is 36.5. The molecule has 0 spiro atoms. The van der Waals surface area contributed by atoms with Crippen molar-refractivity contribution < 1.29 is 18.9 Å². The molecule has 0 atom stereocenters. The molecular formula is C49H56N4O4S4. The average Bonchev–Trinajstić information content (AvgIpc) is 3.32. The highest BCUT2D eigenvalue weighted by atomic mass is 32.1. The Bertz CT molecular complexity index is 1800. The number of rotatable bonds is 12. The molecule has 4 aliphatic heterocycles. The van der Waals surface area contributed by atoms with Crippen LogP contribution in [0.4, 0.5) is 0 Å². The van der Waals surface area contributed by atoms with Crippen molar-refractivity contribution in [3.05, 3.63) is 142 Å². The van der Waals surface area contributed by atoms with Crippen LogP contribution in [0.25, 0.3) is 0 Å². The first-order valence-electron chi connectivity index (χ1n) is 21.7. The molecule has 0 amide bonds. The summed E-state index contributed by atoms with van der Waals surface area (Å²) in [5.74, 6) is 0. The number of morpholine rings is 4. The van der Waals surface area contributed by atoms with Crippen LogP contribution in [-0.2, 0) is 50.0 Å². The Hall–Kier alpha value is -3.72. The van der Waals surface area contributed by atoms with Crippen molar-refractivity contribution in [2.75, 3.05) is 105 Å². The second kappa shape index (κ2) is 21.1. The molecule has 4 saturated heterocycles. The molecule has 0 aromatic heterocycles. The van der Waals surface area contributed by atoms with E-state index in [0.717, 1.165) is 151 Å². The smallest absolute Gasteiger partial charge is 0.0825 e. The normalized spacial score (nSPS) is 17.6. The fourth-order valence-electron chi connectivity index (χ4n) is 8.89. The Morgan fingerprint density at radius 1 is 0.328 bits per heavy atom. The summed E-state index contributed by atoms with van der Waals surface area (Å²) in [6.45, 7) is 12.5. The molecule has 4 heterocycles. The number of nitrogens with zero attached hydrogens (tertiary/aromatic N) is 4. The third-order valence-corrected chi connectivity index (χ3v) is 14.0. The van der Waals surface area contributed by atoms with Gasteiger partial charge in [0.05, 0.1) is 78.2 Å². The topological polar surface area (TPSA) is 49.9 Å². The van der Waals surface area contributed by atoms with E-state index in [2.05, 4.69) is 117 Å². The van der Waals surface area contributed by atoms with E-state index in [1.807, 2.05) is 0 Å². The van der Waals surface area contributed by atoms with Gasteiger partial charge < -0.3 is 38.5 Å². The fourth-order valence-corrected chi connectivity index (χ4v) is 10.3. The van der Waals surface area contributed by atoms with Crippen molar-refractivity contribution in [1.82, 2.24) is 19.6 Å². The largest absolute Gasteiger partial charge is 0.378 e. The fraction of sp³-hybridized carbons (Fsp3) is 0.429. The maximum Gasteiger partial charge on any atom is 0.0825 e. The van der Waals surface area contributed by atoms with E-state index in [0.29, 0.717) is 0 Å². The minimum atomic E-state index is -0.654. The molecule has 0 aliphatic carbocycles. The van der Waals surface area contributed by atoms with Crippen LogP contribution in [0.3, 0.4) is 0 Å². The van der Waals surface area contributed by atoms with Gasteiger partial charge in [0.1, 0.15) is 0 Å². The Morgan fingerprint density at radius 2 is 0.508 bits per heavy atom. The lowest BCUT2D eigenvalue weighted by molar-refractivity contribution is 0.0684. The first-order chi connectivity index (χ1) is 29.9. The molecule has 4 aromatic rings. The number of thiocarbonyl (C=S) groups is 4. The molecule has 12 heteroatoms. The van der Waals surface area contributed by atoms with E-state index in [1.54, 1.807) is 0 Å². The second-order valence-corrected chi connectivity index (χ2v) is 18.1. The van der Waals surface area contributed by atoms with Gasteiger partial charge in [0, 0.05) is 78.0 Å². The summed E-state index contributed by atoms with van der Waals surface area (Å²) in [6.07, 6.45) is 2.87. The highest BCUT2D eigenvalue weighted by molar-refractivity contribution is 7.80. The monoisotopic (exact) mass is 892 g/mol. The van der Waals surface area contributed by atoms with Crippen molar-refractivity contribution in [2.24, 2.45) is 0 Å². The van der Waals surface area contributed by atoms with Crippen molar-refractivity contribution in [1.29, 1.82) is 0 Å². The summed E-state index contributed by atoms with van der Waals surface area (Å²) < 4.78 is 22.4. The molecule has 8 nitrogen and oxygen atoms in total. The number of hydrogen-bond donors (Lipinski definition) is 0. The Labute approximate surface area is 383 Å². The minimum Gasteiger partial charge on any atom is -0.378 e. The maximum absolute atomic E-state index is 5.96. The van der Waals surface area contributed by atoms with E-state index in [4.69, 9.17) is 67.8 Å². The third kappa shape index (κ3) is 10.7. The highest BCUT2D eigenvalue weighted by Gasteiger charge is 2.39. The van der Waals surface area contributed by atoms with E-state index in [9.17, 15) is 0 Å². The molecule has 4 fully saturated rings. The van der Waals surface area contributed by atoms with Crippen LogP contribution in [0.5, 0.6) is 0 Å². The van der Waals surface area contributed by atoms with Gasteiger partial charge in [-0.1, -0.05) is 146 Å². The predicted molar refractivity (Wildman–Crippen MR) is 260 cm³/mol. The zero-order valence-electron chi connectivity index (χ0n) is 34.9. The van der Waals surface area contributed by atoms with E-state index in [1.165, 1.54) is 44.5 Å². The van der Waals surface area contributed by atoms with Crippen molar-refractivity contribution in [2.45, 2.75) is 31.1 Å². The van der Waals surface area contributed by atoms with Crippen LogP contribution < -0.4 is 0 Å². The first-order valence-corrected chi connectivity index (χ1v) is 23.3. The molecule has 4 aliphatic rings. The number of ether oxygens (including phenoxy) is 4. The SMILES string of the molecule is S=C(Cc1ccc(C(c2ccc(CC(=S)N3CCOCC3)cc2)(c2ccc(CC(=S)N3CCOCC3)cc2)c2ccc(CC(=S)N3CCOCC3)cc2)cc1)N1CCOCC1. The highest BCUT2D eigenvalue weighted by Crippen LogP contribution is 2.45. The second-order valence-electron chi connectivity index (χ2n) is 16.2. The van der Waals surface area contributed by atoms with E-state index >= 15 is 0 Å². The zero-order valence-corrected chi connectivity index (χ0v) is 38.2. The van der Waals surface area contributed by atoms with Gasteiger partial charge in [-0.05, 0) is 44.5 Å². The number of benzene rings is 4. The quantitative estimate of drug-likeness (QED) is 0.110. The molecule has 320 valence electrons. The lowest BCUT2D eigenvalue weighted by atomic mass is 9.64. The van der Waals surface area contributed by atoms with E-state index < -0.39 is 5.41 Å². The lowest BCUT2D eigenvalue weighted by Gasteiger charge is -2.37.